The third-order valence-corrected chi connectivity index (χ3v) is 6.00. The minimum Gasteiger partial charge on any atom is -0.480 e. The zero-order valence-electron chi connectivity index (χ0n) is 17.3. The number of aromatic nitrogens is 1. The molecule has 0 aliphatic heterocycles. The Bertz CT molecular complexity index is 1320. The number of aromatic amines is 1. The number of benzene rings is 3. The number of carboxylic acid groups (broad SMARTS) is 1. The van der Waals surface area contributed by atoms with Gasteiger partial charge in [0.05, 0.1) is 0 Å². The van der Waals surface area contributed by atoms with E-state index in [1.807, 2.05) is 48.5 Å². The van der Waals surface area contributed by atoms with Crippen LogP contribution in [0.3, 0.4) is 0 Å². The van der Waals surface area contributed by atoms with Crippen LogP contribution in [0.5, 0.6) is 0 Å². The number of rotatable bonds is 6. The van der Waals surface area contributed by atoms with E-state index in [-0.39, 0.29) is 13.0 Å². The van der Waals surface area contributed by atoms with Crippen LogP contribution in [0.2, 0.25) is 0 Å². The van der Waals surface area contributed by atoms with E-state index in [0.717, 1.165) is 39.6 Å². The number of ether oxygens (including phenoxy) is 1. The van der Waals surface area contributed by atoms with E-state index in [0.29, 0.717) is 0 Å². The number of hydrogen-bond acceptors (Lipinski definition) is 3. The van der Waals surface area contributed by atoms with E-state index in [1.165, 1.54) is 11.1 Å². The highest BCUT2D eigenvalue weighted by Crippen LogP contribution is 2.38. The van der Waals surface area contributed by atoms with Crippen molar-refractivity contribution in [3.8, 4) is 11.1 Å². The van der Waals surface area contributed by atoms with Gasteiger partial charge in [-0.1, -0.05) is 60.7 Å². The van der Waals surface area contributed by atoms with Crippen LogP contribution in [-0.2, 0) is 29.0 Å². The first-order valence-corrected chi connectivity index (χ1v) is 10.5. The number of carbonyl (C=O) groups is 2. The maximum absolute atomic E-state index is 12.4. The van der Waals surface area contributed by atoms with E-state index in [9.17, 15) is 14.7 Å². The quantitative estimate of drug-likeness (QED) is 0.368. The highest BCUT2D eigenvalue weighted by Gasteiger charge is 2.24. The first-order valence-electron chi connectivity index (χ1n) is 10.5. The number of carbonyl (C=O) groups excluding carboxylic acids is 1. The summed E-state index contributed by atoms with van der Waals surface area (Å²) in [6.07, 6.45) is 1.99. The van der Waals surface area contributed by atoms with Crippen molar-refractivity contribution in [1.82, 2.24) is 10.3 Å². The number of H-pyrrole nitrogens is 1. The predicted octanol–water partition coefficient (Wildman–Crippen LogP) is 4.66. The van der Waals surface area contributed by atoms with Crippen molar-refractivity contribution < 1.29 is 19.4 Å². The molecule has 0 saturated carbocycles. The molecule has 3 aromatic carbocycles. The molecule has 3 N–H and O–H groups in total. The summed E-state index contributed by atoms with van der Waals surface area (Å²) in [6.45, 7) is 0.0857. The van der Waals surface area contributed by atoms with Crippen LogP contribution in [0.4, 0.5) is 4.79 Å². The molecular formula is C26H22N2O4. The lowest BCUT2D eigenvalue weighted by molar-refractivity contribution is -0.139. The number of aliphatic carboxylic acids is 1. The minimum atomic E-state index is -1.11. The Morgan fingerprint density at radius 3 is 2.62 bits per heavy atom. The fourth-order valence-electron chi connectivity index (χ4n) is 4.41. The van der Waals surface area contributed by atoms with Crippen LogP contribution in [0.15, 0.2) is 72.9 Å². The first-order chi connectivity index (χ1) is 15.6. The number of fused-ring (bicyclic) bond motifs is 4. The molecule has 1 amide bonds. The number of para-hydroxylation sites is 1. The van der Waals surface area contributed by atoms with E-state index < -0.39 is 18.1 Å². The SMILES string of the molecule is O=C(N[C@H](Cc1c[nH]c2ccccc12)C(=O)O)OCc1cccc2c1Cc1ccccc1-2. The minimum absolute atomic E-state index is 0.0857. The molecule has 6 heteroatoms. The Hall–Kier alpha value is -4.06. The standard InChI is InChI=1S/C26H22N2O4/c29-25(30)24(13-18-14-27-23-11-4-3-9-20(18)23)28-26(31)32-15-17-7-5-10-21-19-8-2-1-6-16(19)12-22(17)21/h1-11,14,24,27H,12-13,15H2,(H,28,31)(H,29,30)/t24-/m1/s1. The van der Waals surface area contributed by atoms with Crippen molar-refractivity contribution >= 4 is 23.0 Å². The van der Waals surface area contributed by atoms with Gasteiger partial charge in [-0.2, -0.15) is 0 Å². The molecule has 1 aliphatic carbocycles. The summed E-state index contributed by atoms with van der Waals surface area (Å²) >= 11 is 0. The normalized spacial score (nSPS) is 12.8. The Labute approximate surface area is 184 Å². The third-order valence-electron chi connectivity index (χ3n) is 6.00. The number of hydrogen-bond donors (Lipinski definition) is 3. The molecule has 1 aromatic heterocycles. The number of alkyl carbamates (subject to hydrolysis) is 1. The van der Waals surface area contributed by atoms with Crippen LogP contribution in [0.1, 0.15) is 22.3 Å². The van der Waals surface area contributed by atoms with Gasteiger partial charge in [-0.25, -0.2) is 9.59 Å². The van der Waals surface area contributed by atoms with Crippen LogP contribution >= 0.6 is 0 Å². The molecule has 160 valence electrons. The number of nitrogens with one attached hydrogen (secondary N) is 2. The van der Waals surface area contributed by atoms with Gasteiger partial charge >= 0.3 is 12.1 Å². The second kappa shape index (κ2) is 8.23. The fourth-order valence-corrected chi connectivity index (χ4v) is 4.41. The fraction of sp³-hybridized carbons (Fsp3) is 0.154. The molecule has 4 aromatic rings. The molecule has 1 heterocycles. The van der Waals surface area contributed by atoms with Gasteiger partial charge in [0.25, 0.3) is 0 Å². The lowest BCUT2D eigenvalue weighted by Gasteiger charge is -2.15. The summed E-state index contributed by atoms with van der Waals surface area (Å²) in [4.78, 5) is 27.3. The van der Waals surface area contributed by atoms with Crippen LogP contribution in [0, 0.1) is 0 Å². The van der Waals surface area contributed by atoms with Crippen molar-refractivity contribution in [2.75, 3.05) is 0 Å². The predicted molar refractivity (Wildman–Crippen MR) is 121 cm³/mol. The highest BCUT2D eigenvalue weighted by molar-refractivity contribution is 5.85. The van der Waals surface area contributed by atoms with Crippen molar-refractivity contribution in [2.24, 2.45) is 0 Å². The van der Waals surface area contributed by atoms with E-state index in [2.05, 4.69) is 28.5 Å². The largest absolute Gasteiger partial charge is 0.480 e. The second-order valence-electron chi connectivity index (χ2n) is 7.95. The van der Waals surface area contributed by atoms with Gasteiger partial charge in [0.15, 0.2) is 0 Å². The van der Waals surface area contributed by atoms with E-state index >= 15 is 0 Å². The topological polar surface area (TPSA) is 91.4 Å². The summed E-state index contributed by atoms with van der Waals surface area (Å²) in [5, 5.41) is 13.1. The number of amides is 1. The van der Waals surface area contributed by atoms with Gasteiger partial charge in [0, 0.05) is 23.5 Å². The lowest BCUT2D eigenvalue weighted by atomic mass is 10.0. The van der Waals surface area contributed by atoms with Crippen molar-refractivity contribution in [3.63, 3.8) is 0 Å². The third kappa shape index (κ3) is 3.71. The maximum atomic E-state index is 12.4. The van der Waals surface area contributed by atoms with Gasteiger partial charge in [-0.05, 0) is 45.9 Å². The Morgan fingerprint density at radius 1 is 0.969 bits per heavy atom. The van der Waals surface area contributed by atoms with Gasteiger partial charge in [0.2, 0.25) is 0 Å². The van der Waals surface area contributed by atoms with Crippen molar-refractivity contribution in [3.05, 3.63) is 95.2 Å². The summed E-state index contributed by atoms with van der Waals surface area (Å²) < 4.78 is 5.42. The summed E-state index contributed by atoms with van der Waals surface area (Å²) in [5.41, 5.74) is 7.44. The van der Waals surface area contributed by atoms with Crippen LogP contribution < -0.4 is 5.32 Å². The van der Waals surface area contributed by atoms with Gasteiger partial charge in [0.1, 0.15) is 12.6 Å². The Morgan fingerprint density at radius 2 is 1.75 bits per heavy atom. The van der Waals surface area contributed by atoms with Gasteiger partial charge in [-0.3, -0.25) is 0 Å². The molecule has 0 unspecified atom stereocenters. The summed E-state index contributed by atoms with van der Waals surface area (Å²) in [6, 6.07) is 20.8. The summed E-state index contributed by atoms with van der Waals surface area (Å²) in [5.74, 6) is -1.11. The molecule has 0 fully saturated rings. The lowest BCUT2D eigenvalue weighted by Crippen LogP contribution is -2.42. The highest BCUT2D eigenvalue weighted by atomic mass is 16.5. The molecule has 5 rings (SSSR count). The molecule has 6 nitrogen and oxygen atoms in total. The molecule has 0 radical (unpaired) electrons. The van der Waals surface area contributed by atoms with Crippen molar-refractivity contribution in [2.45, 2.75) is 25.5 Å². The monoisotopic (exact) mass is 426 g/mol. The molecule has 1 atom stereocenters. The van der Waals surface area contributed by atoms with E-state index in [4.69, 9.17) is 4.74 Å². The zero-order valence-corrected chi connectivity index (χ0v) is 17.3. The molecule has 0 spiro atoms. The molecule has 0 bridgehead atoms. The van der Waals surface area contributed by atoms with Gasteiger partial charge < -0.3 is 20.1 Å². The van der Waals surface area contributed by atoms with Crippen LogP contribution in [0.25, 0.3) is 22.0 Å². The van der Waals surface area contributed by atoms with Gasteiger partial charge in [-0.15, -0.1) is 0 Å². The van der Waals surface area contributed by atoms with Crippen LogP contribution in [-0.4, -0.2) is 28.2 Å². The average molecular weight is 426 g/mol. The Balaban J connectivity index is 1.26. The maximum Gasteiger partial charge on any atom is 0.408 e. The molecule has 0 saturated heterocycles. The van der Waals surface area contributed by atoms with Crippen molar-refractivity contribution in [1.29, 1.82) is 0 Å². The second-order valence-corrected chi connectivity index (χ2v) is 7.95. The zero-order chi connectivity index (χ0) is 22.1. The smallest absolute Gasteiger partial charge is 0.408 e. The first kappa shape index (κ1) is 19.9. The average Bonchev–Trinajstić information content (AvgIpc) is 3.39. The molecule has 1 aliphatic rings. The number of carboxylic acids is 1. The molecule has 32 heavy (non-hydrogen) atoms. The summed E-state index contributed by atoms with van der Waals surface area (Å²) in [7, 11) is 0. The Kier molecular flexibility index (Phi) is 5.11. The molecular weight excluding hydrogens is 404 g/mol. The van der Waals surface area contributed by atoms with E-state index in [1.54, 1.807) is 6.20 Å².